The minimum Gasteiger partial charge on any atom is -0.489 e. The van der Waals surface area contributed by atoms with Crippen LogP contribution in [0.4, 0.5) is 5.69 Å². The molecule has 41 heavy (non-hydrogen) atoms. The molecule has 0 bridgehead atoms. The topological polar surface area (TPSA) is 133 Å². The number of halogens is 1. The molecule has 2 amide bonds. The van der Waals surface area contributed by atoms with E-state index in [0.29, 0.717) is 84.9 Å². The summed E-state index contributed by atoms with van der Waals surface area (Å²) in [5.74, 6) is 1.91. The van der Waals surface area contributed by atoms with E-state index in [1.165, 1.54) is 0 Å². The van der Waals surface area contributed by atoms with Crippen molar-refractivity contribution in [3.05, 3.63) is 46.3 Å². The van der Waals surface area contributed by atoms with Gasteiger partial charge < -0.3 is 36.0 Å². The summed E-state index contributed by atoms with van der Waals surface area (Å²) in [6.45, 7) is 2.87. The number of nitrogens with one attached hydrogen (secondary N) is 2. The van der Waals surface area contributed by atoms with Gasteiger partial charge in [-0.25, -0.2) is 4.99 Å². The van der Waals surface area contributed by atoms with Gasteiger partial charge in [0.2, 0.25) is 11.8 Å². The highest BCUT2D eigenvalue weighted by Crippen LogP contribution is 2.33. The number of likely N-dealkylation sites (tertiary alicyclic amines) is 2. The Labute approximate surface area is 246 Å². The molecule has 1 unspecified atom stereocenters. The van der Waals surface area contributed by atoms with Gasteiger partial charge in [-0.3, -0.25) is 9.59 Å². The van der Waals surface area contributed by atoms with Gasteiger partial charge in [0.15, 0.2) is 0 Å². The van der Waals surface area contributed by atoms with Crippen LogP contribution in [0.5, 0.6) is 5.75 Å². The van der Waals surface area contributed by atoms with E-state index in [-0.39, 0.29) is 23.8 Å². The van der Waals surface area contributed by atoms with E-state index in [4.69, 9.17) is 22.1 Å². The summed E-state index contributed by atoms with van der Waals surface area (Å²) in [4.78, 5) is 34.1. The Kier molecular flexibility index (Phi) is 9.39. The average molecular weight is 585 g/mol. The minimum absolute atomic E-state index is 0.00207. The van der Waals surface area contributed by atoms with Gasteiger partial charge in [0, 0.05) is 64.1 Å². The van der Waals surface area contributed by atoms with Gasteiger partial charge in [0.05, 0.1) is 22.4 Å². The molecule has 222 valence electrons. The van der Waals surface area contributed by atoms with Crippen LogP contribution in [0.3, 0.4) is 0 Å². The molecule has 1 aliphatic carbocycles. The molecule has 3 aliphatic heterocycles. The van der Waals surface area contributed by atoms with Crippen LogP contribution < -0.4 is 21.1 Å². The second-order valence-electron chi connectivity index (χ2n) is 11.3. The third-order valence-electron chi connectivity index (χ3n) is 8.45. The van der Waals surface area contributed by atoms with Crippen molar-refractivity contribution >= 4 is 34.9 Å². The lowest BCUT2D eigenvalue weighted by molar-refractivity contribution is -0.137. The molecule has 1 atom stereocenters. The number of hydrogen-bond donors (Lipinski definition) is 4. The van der Waals surface area contributed by atoms with Crippen LogP contribution in [0.2, 0.25) is 5.02 Å². The van der Waals surface area contributed by atoms with Gasteiger partial charge in [-0.15, -0.1) is 0 Å². The summed E-state index contributed by atoms with van der Waals surface area (Å²) in [7, 11) is 1.78. The Morgan fingerprint density at radius 1 is 1.12 bits per heavy atom. The van der Waals surface area contributed by atoms with Crippen molar-refractivity contribution < 1.29 is 19.4 Å². The normalized spacial score (nSPS) is 22.9. The van der Waals surface area contributed by atoms with Crippen molar-refractivity contribution in [3.63, 3.8) is 0 Å². The number of amidine groups is 1. The number of carbonyl (C=O) groups excluding carboxylic acids is 2. The summed E-state index contributed by atoms with van der Waals surface area (Å²) >= 11 is 6.60. The number of aliphatic hydroxyl groups excluding tert-OH is 1. The molecule has 0 radical (unpaired) electrons. The maximum absolute atomic E-state index is 13.1. The predicted molar refractivity (Wildman–Crippen MR) is 159 cm³/mol. The maximum Gasteiger partial charge on any atom is 0.249 e. The first kappa shape index (κ1) is 29.3. The molecular formula is C30H41ClN6O4. The Bertz CT molecular complexity index is 1230. The first-order valence-corrected chi connectivity index (χ1v) is 15.1. The Balaban J connectivity index is 1.24. The van der Waals surface area contributed by atoms with E-state index in [1.54, 1.807) is 36.2 Å². The van der Waals surface area contributed by atoms with Crippen LogP contribution in [-0.4, -0.2) is 84.5 Å². The standard InChI is InChI=1S/C30H41ClN6O4/c1-33-28-24(16-20(8-12-34-28)30(40)37-13-9-22(38)18-37)27(32)35-21-6-7-26(25(31)17-21)41-23-10-14-36(15-11-23)29(39)19-4-2-3-5-19/h6-7,16-17,19,22-23,33-34,38H,2-5,8-15,18H2,1H3,(H2,32,35). The van der Waals surface area contributed by atoms with E-state index in [2.05, 4.69) is 15.6 Å². The summed E-state index contributed by atoms with van der Waals surface area (Å²) in [6.07, 6.45) is 8.33. The molecule has 0 aromatic heterocycles. The van der Waals surface area contributed by atoms with Crippen molar-refractivity contribution in [1.82, 2.24) is 20.4 Å². The Hall–Kier alpha value is -3.24. The molecule has 3 fully saturated rings. The van der Waals surface area contributed by atoms with Gasteiger partial charge in [-0.2, -0.15) is 0 Å². The molecule has 11 heteroatoms. The zero-order chi connectivity index (χ0) is 28.9. The lowest BCUT2D eigenvalue weighted by atomic mass is 10.0. The van der Waals surface area contributed by atoms with Gasteiger partial charge >= 0.3 is 0 Å². The summed E-state index contributed by atoms with van der Waals surface area (Å²) in [5, 5.41) is 16.7. The lowest BCUT2D eigenvalue weighted by Crippen LogP contribution is -2.44. The molecule has 2 saturated heterocycles. The van der Waals surface area contributed by atoms with E-state index in [9.17, 15) is 14.7 Å². The minimum atomic E-state index is -0.478. The third-order valence-corrected chi connectivity index (χ3v) is 8.75. The molecule has 4 aliphatic rings. The highest BCUT2D eigenvalue weighted by molar-refractivity contribution is 6.32. The molecule has 5 N–H and O–H groups in total. The van der Waals surface area contributed by atoms with Crippen molar-refractivity contribution in [2.24, 2.45) is 16.6 Å². The van der Waals surface area contributed by atoms with Crippen LogP contribution >= 0.6 is 11.6 Å². The SMILES string of the molecule is CNC1=C(C(N)=Nc2ccc(OC3CCN(C(=O)C4CCCC4)CC3)c(Cl)c2)C=C(C(=O)N2CCC(O)C2)CCN1. The quantitative estimate of drug-likeness (QED) is 0.286. The molecule has 1 aromatic rings. The number of β-amino-alcohol motifs (C(OH)–C–C–N with tert-alkyl or cyclic N) is 1. The van der Waals surface area contributed by atoms with Crippen molar-refractivity contribution in [2.45, 2.75) is 63.6 Å². The third kappa shape index (κ3) is 6.98. The number of piperidine rings is 1. The van der Waals surface area contributed by atoms with E-state index >= 15 is 0 Å². The predicted octanol–water partition coefficient (Wildman–Crippen LogP) is 2.83. The Morgan fingerprint density at radius 3 is 2.51 bits per heavy atom. The van der Waals surface area contributed by atoms with Gasteiger partial charge in [-0.1, -0.05) is 24.4 Å². The van der Waals surface area contributed by atoms with Crippen LogP contribution in [0.15, 0.2) is 46.2 Å². The van der Waals surface area contributed by atoms with E-state index in [0.717, 1.165) is 38.5 Å². The fraction of sp³-hybridized carbons (Fsp3) is 0.567. The van der Waals surface area contributed by atoms with Crippen LogP contribution in [0.25, 0.3) is 0 Å². The van der Waals surface area contributed by atoms with Crippen LogP contribution in [0.1, 0.15) is 51.4 Å². The lowest BCUT2D eigenvalue weighted by Gasteiger charge is -2.33. The number of nitrogens with two attached hydrogens (primary N) is 1. The number of ether oxygens (including phenoxy) is 1. The first-order valence-electron chi connectivity index (χ1n) is 14.8. The zero-order valence-corrected chi connectivity index (χ0v) is 24.5. The number of aliphatic hydroxyl groups is 1. The average Bonchev–Trinajstić information content (AvgIpc) is 3.62. The number of amides is 2. The van der Waals surface area contributed by atoms with Gasteiger partial charge in [0.25, 0.3) is 0 Å². The van der Waals surface area contributed by atoms with Crippen LogP contribution in [0, 0.1) is 5.92 Å². The maximum atomic E-state index is 13.1. The number of hydrogen-bond acceptors (Lipinski definition) is 7. The molecule has 3 heterocycles. The van der Waals surface area contributed by atoms with E-state index in [1.807, 2.05) is 4.90 Å². The molecule has 1 aromatic carbocycles. The van der Waals surface area contributed by atoms with Gasteiger partial charge in [0.1, 0.15) is 23.5 Å². The fourth-order valence-electron chi connectivity index (χ4n) is 6.12. The highest BCUT2D eigenvalue weighted by atomic mass is 35.5. The fourth-order valence-corrected chi connectivity index (χ4v) is 6.34. The largest absolute Gasteiger partial charge is 0.489 e. The smallest absolute Gasteiger partial charge is 0.249 e. The second kappa shape index (κ2) is 13.2. The van der Waals surface area contributed by atoms with Gasteiger partial charge in [-0.05, 0) is 50.0 Å². The molecule has 10 nitrogen and oxygen atoms in total. The van der Waals surface area contributed by atoms with E-state index < -0.39 is 6.10 Å². The number of nitrogens with zero attached hydrogens (tertiary/aromatic N) is 3. The number of aliphatic imine (C=N–C) groups is 1. The number of benzene rings is 1. The van der Waals surface area contributed by atoms with Crippen molar-refractivity contribution in [3.8, 4) is 5.75 Å². The number of rotatable bonds is 7. The molecule has 5 rings (SSSR count). The highest BCUT2D eigenvalue weighted by Gasteiger charge is 2.31. The molecule has 0 spiro atoms. The monoisotopic (exact) mass is 584 g/mol. The number of carbonyl (C=O) groups is 2. The molecule has 1 saturated carbocycles. The summed E-state index contributed by atoms with van der Waals surface area (Å²) in [5.41, 5.74) is 8.23. The summed E-state index contributed by atoms with van der Waals surface area (Å²) in [6, 6.07) is 5.32. The summed E-state index contributed by atoms with van der Waals surface area (Å²) < 4.78 is 6.22. The van der Waals surface area contributed by atoms with Crippen LogP contribution in [-0.2, 0) is 9.59 Å². The van der Waals surface area contributed by atoms with Crippen molar-refractivity contribution in [1.29, 1.82) is 0 Å². The Morgan fingerprint density at radius 2 is 1.85 bits per heavy atom. The first-order chi connectivity index (χ1) is 19.8. The molecular weight excluding hydrogens is 544 g/mol. The zero-order valence-electron chi connectivity index (χ0n) is 23.7. The van der Waals surface area contributed by atoms with Crippen molar-refractivity contribution in [2.75, 3.05) is 39.8 Å². The second-order valence-corrected chi connectivity index (χ2v) is 11.7.